The Kier molecular flexibility index (Phi) is 45.0. The van der Waals surface area contributed by atoms with Crippen molar-refractivity contribution in [3.05, 3.63) is 97.2 Å². The summed E-state index contributed by atoms with van der Waals surface area (Å²) in [6.45, 7) is 5.43. The van der Waals surface area contributed by atoms with Crippen LogP contribution in [-0.2, 0) is 27.9 Å². The number of likely N-dealkylation sites (N-methyl/N-ethyl adjacent to an activating group) is 1. The molecule has 8 nitrogen and oxygen atoms in total. The van der Waals surface area contributed by atoms with Gasteiger partial charge in [0.05, 0.1) is 34.4 Å². The van der Waals surface area contributed by atoms with E-state index >= 15 is 0 Å². The Labute approximate surface area is 394 Å². The van der Waals surface area contributed by atoms with Crippen LogP contribution in [0.4, 0.5) is 0 Å². The molecule has 0 spiro atoms. The van der Waals surface area contributed by atoms with Gasteiger partial charge in [-0.3, -0.25) is 13.8 Å². The molecule has 2 unspecified atom stereocenters. The smallest absolute Gasteiger partial charge is 0.457 e. The van der Waals surface area contributed by atoms with E-state index in [9.17, 15) is 14.3 Å². The Morgan fingerprint density at radius 3 is 1.38 bits per heavy atom. The Balaban J connectivity index is 4.27. The number of esters is 1. The third kappa shape index (κ3) is 50.4. The molecule has 0 saturated carbocycles. The van der Waals surface area contributed by atoms with Crippen LogP contribution in [0, 0.1) is 0 Å². The van der Waals surface area contributed by atoms with E-state index in [0.29, 0.717) is 17.6 Å². The highest BCUT2D eigenvalue weighted by molar-refractivity contribution is 7.47. The van der Waals surface area contributed by atoms with Gasteiger partial charge in [0.1, 0.15) is 19.3 Å². The van der Waals surface area contributed by atoms with Gasteiger partial charge in [-0.05, 0) is 96.3 Å². The molecule has 368 valence electrons. The maximum absolute atomic E-state index is 12.8. The van der Waals surface area contributed by atoms with E-state index in [0.717, 1.165) is 83.5 Å². The molecule has 0 aliphatic rings. The van der Waals surface area contributed by atoms with Gasteiger partial charge in [-0.2, -0.15) is 0 Å². The fourth-order valence-corrected chi connectivity index (χ4v) is 7.21. The molecule has 0 aliphatic carbocycles. The lowest BCUT2D eigenvalue weighted by molar-refractivity contribution is -0.870. The van der Waals surface area contributed by atoms with Crippen molar-refractivity contribution < 1.29 is 37.3 Å². The zero-order valence-electron chi connectivity index (χ0n) is 41.7. The maximum Gasteiger partial charge on any atom is 0.472 e. The number of carbonyl (C=O) groups is 1. The number of allylic oxidation sites excluding steroid dienone is 16. The predicted octanol–water partition coefficient (Wildman–Crippen LogP) is 15.8. The van der Waals surface area contributed by atoms with Crippen molar-refractivity contribution >= 4 is 13.8 Å². The molecule has 64 heavy (non-hydrogen) atoms. The number of quaternary nitrogens is 1. The minimum Gasteiger partial charge on any atom is -0.457 e. The topological polar surface area (TPSA) is 91.3 Å². The van der Waals surface area contributed by atoms with Crippen LogP contribution in [0.25, 0.3) is 0 Å². The van der Waals surface area contributed by atoms with Crippen LogP contribution in [0.5, 0.6) is 0 Å². The number of nitrogens with zero attached hydrogens (tertiary/aromatic N) is 1. The van der Waals surface area contributed by atoms with E-state index in [1.165, 1.54) is 83.5 Å². The van der Waals surface area contributed by atoms with Gasteiger partial charge in [0, 0.05) is 13.0 Å². The average molecular weight is 915 g/mol. The first-order valence-electron chi connectivity index (χ1n) is 25.5. The number of phosphoric acid groups is 1. The van der Waals surface area contributed by atoms with E-state index in [2.05, 4.69) is 111 Å². The molecule has 0 aliphatic heterocycles. The Morgan fingerprint density at radius 1 is 0.500 bits per heavy atom. The van der Waals surface area contributed by atoms with Crippen LogP contribution in [0.1, 0.15) is 187 Å². The molecule has 0 rings (SSSR count). The van der Waals surface area contributed by atoms with Crippen molar-refractivity contribution in [2.45, 2.75) is 193 Å². The summed E-state index contributed by atoms with van der Waals surface area (Å²) in [5, 5.41) is 0. The third-order valence-electron chi connectivity index (χ3n) is 10.4. The van der Waals surface area contributed by atoms with Gasteiger partial charge in [-0.1, -0.05) is 182 Å². The molecule has 0 saturated heterocycles. The zero-order valence-corrected chi connectivity index (χ0v) is 42.6. The summed E-state index contributed by atoms with van der Waals surface area (Å²) >= 11 is 0. The number of hydrogen-bond acceptors (Lipinski definition) is 6. The molecular weight excluding hydrogens is 818 g/mol. The molecule has 0 aromatic heterocycles. The van der Waals surface area contributed by atoms with Crippen molar-refractivity contribution in [2.75, 3.05) is 54.1 Å². The fourth-order valence-electron chi connectivity index (χ4n) is 6.47. The zero-order chi connectivity index (χ0) is 46.9. The molecule has 9 heteroatoms. The second-order valence-electron chi connectivity index (χ2n) is 17.8. The number of carbonyl (C=O) groups excluding carboxylic acids is 1. The molecule has 0 heterocycles. The normalized spacial score (nSPS) is 14.4. The lowest BCUT2D eigenvalue weighted by Crippen LogP contribution is -2.37. The minimum absolute atomic E-state index is 0.0753. The lowest BCUT2D eigenvalue weighted by atomic mass is 10.1. The Hall–Kier alpha value is -2.58. The van der Waals surface area contributed by atoms with Crippen LogP contribution in [0.15, 0.2) is 97.2 Å². The predicted molar refractivity (Wildman–Crippen MR) is 274 cm³/mol. The number of unbranched alkanes of at least 4 members (excludes halogenated alkanes) is 16. The molecule has 1 N–H and O–H groups in total. The monoisotopic (exact) mass is 915 g/mol. The lowest BCUT2D eigenvalue weighted by Gasteiger charge is -2.24. The highest BCUT2D eigenvalue weighted by Gasteiger charge is 2.26. The molecule has 0 amide bonds. The van der Waals surface area contributed by atoms with Gasteiger partial charge in [0.15, 0.2) is 0 Å². The molecular formula is C55H97NO7P+. The summed E-state index contributed by atoms with van der Waals surface area (Å²) in [6, 6.07) is 0. The first kappa shape index (κ1) is 61.4. The van der Waals surface area contributed by atoms with Gasteiger partial charge in [-0.25, -0.2) is 4.57 Å². The van der Waals surface area contributed by atoms with Crippen molar-refractivity contribution in [1.82, 2.24) is 0 Å². The van der Waals surface area contributed by atoms with Crippen LogP contribution >= 0.6 is 7.82 Å². The van der Waals surface area contributed by atoms with E-state index < -0.39 is 13.9 Å². The summed E-state index contributed by atoms with van der Waals surface area (Å²) < 4.78 is 35.1. The van der Waals surface area contributed by atoms with Crippen LogP contribution in [0.2, 0.25) is 0 Å². The molecule has 0 aromatic rings. The van der Waals surface area contributed by atoms with Gasteiger partial charge in [-0.15, -0.1) is 0 Å². The number of phosphoric ester groups is 1. The van der Waals surface area contributed by atoms with Crippen molar-refractivity contribution in [3.8, 4) is 0 Å². The summed E-state index contributed by atoms with van der Waals surface area (Å²) in [6.07, 6.45) is 64.5. The Bertz CT molecular complexity index is 1340. The van der Waals surface area contributed by atoms with Crippen LogP contribution < -0.4 is 0 Å². The molecule has 2 atom stereocenters. The second-order valence-corrected chi connectivity index (χ2v) is 19.3. The van der Waals surface area contributed by atoms with Gasteiger partial charge >= 0.3 is 13.8 Å². The Morgan fingerprint density at radius 2 is 0.906 bits per heavy atom. The van der Waals surface area contributed by atoms with Gasteiger partial charge in [0.2, 0.25) is 0 Å². The molecule has 0 bridgehead atoms. The van der Waals surface area contributed by atoms with E-state index in [1.54, 1.807) is 0 Å². The standard InChI is InChI=1S/C55H96NO7P/c1-6-8-10-12-14-16-18-20-22-24-25-26-27-28-29-30-31-32-34-36-38-40-42-44-46-48-55(57)63-54(53-62-64(58,59)61-51-49-56(3,4)5)52-60-50-47-45-43-41-39-37-35-33-23-21-19-17-15-13-11-9-7-2/h8,10,14,16,20,22-23,25-26,28-29,31-33,36,38,54H,6-7,9,11-13,15,17-19,21,24,27,30,34-35,37,39-53H2,1-5H3/p+1/b10-8-,16-14-,22-20-,26-25-,29-28-,32-31-,33-23-,38-36-. The van der Waals surface area contributed by atoms with Gasteiger partial charge in [0.25, 0.3) is 0 Å². The van der Waals surface area contributed by atoms with Crippen molar-refractivity contribution in [2.24, 2.45) is 0 Å². The quantitative estimate of drug-likeness (QED) is 0.0214. The van der Waals surface area contributed by atoms with Gasteiger partial charge < -0.3 is 18.9 Å². The number of hydrogen-bond donors (Lipinski definition) is 1. The highest BCUT2D eigenvalue weighted by Crippen LogP contribution is 2.43. The number of ether oxygens (including phenoxy) is 2. The minimum atomic E-state index is -4.30. The summed E-state index contributed by atoms with van der Waals surface area (Å²) in [5.41, 5.74) is 0. The third-order valence-corrected chi connectivity index (χ3v) is 11.4. The second kappa shape index (κ2) is 46.9. The maximum atomic E-state index is 12.8. The average Bonchev–Trinajstić information content (AvgIpc) is 3.25. The highest BCUT2D eigenvalue weighted by atomic mass is 31.2. The molecule has 0 radical (unpaired) electrons. The first-order chi connectivity index (χ1) is 31.1. The number of rotatable bonds is 46. The summed E-state index contributed by atoms with van der Waals surface area (Å²) in [7, 11) is 1.63. The van der Waals surface area contributed by atoms with Crippen molar-refractivity contribution in [1.29, 1.82) is 0 Å². The fraction of sp³-hybridized carbons (Fsp3) is 0.691. The SMILES string of the molecule is CC/C=C\C/C=C\C/C=C\C/C=C\C/C=C\C/C=C\C/C=C\CCCCCC(=O)OC(COCCCCCCCC/C=C\CCCCCCCCC)COP(=O)(O)OCC[N+](C)(C)C. The van der Waals surface area contributed by atoms with E-state index in [4.69, 9.17) is 18.5 Å². The molecule has 0 aromatic carbocycles. The van der Waals surface area contributed by atoms with E-state index in [-0.39, 0.29) is 32.2 Å². The summed E-state index contributed by atoms with van der Waals surface area (Å²) in [5.74, 6) is -0.350. The van der Waals surface area contributed by atoms with Crippen LogP contribution in [0.3, 0.4) is 0 Å². The first-order valence-corrected chi connectivity index (χ1v) is 27.0. The van der Waals surface area contributed by atoms with Crippen molar-refractivity contribution in [3.63, 3.8) is 0 Å². The summed E-state index contributed by atoms with van der Waals surface area (Å²) in [4.78, 5) is 23.0. The largest absolute Gasteiger partial charge is 0.472 e. The van der Waals surface area contributed by atoms with Crippen LogP contribution in [-0.4, -0.2) is 75.6 Å². The van der Waals surface area contributed by atoms with E-state index in [1.807, 2.05) is 21.1 Å². The molecule has 0 fully saturated rings.